The standard InChI is InChI=1S/C14H13BrFNS/c15-11-2-1-3-13(8-11)18-14(9-17)10-4-6-12(16)7-5-10/h1-8,14H,9,17H2. The van der Waals surface area contributed by atoms with Crippen molar-refractivity contribution in [1.29, 1.82) is 0 Å². The van der Waals surface area contributed by atoms with Gasteiger partial charge in [-0.1, -0.05) is 34.1 Å². The Morgan fingerprint density at radius 2 is 1.89 bits per heavy atom. The first-order valence-electron chi connectivity index (χ1n) is 5.57. The van der Waals surface area contributed by atoms with Crippen molar-refractivity contribution in [3.8, 4) is 0 Å². The fourth-order valence-electron chi connectivity index (χ4n) is 1.63. The van der Waals surface area contributed by atoms with Crippen LogP contribution in [0.2, 0.25) is 0 Å². The second kappa shape index (κ2) is 6.36. The Bertz CT molecular complexity index is 515. The summed E-state index contributed by atoms with van der Waals surface area (Å²) in [5.41, 5.74) is 6.85. The summed E-state index contributed by atoms with van der Waals surface area (Å²) in [6.45, 7) is 0.517. The molecular formula is C14H13BrFNS. The predicted molar refractivity (Wildman–Crippen MR) is 78.2 cm³/mol. The summed E-state index contributed by atoms with van der Waals surface area (Å²) in [6.07, 6.45) is 0. The molecule has 1 nitrogen and oxygen atoms in total. The first-order valence-corrected chi connectivity index (χ1v) is 7.24. The lowest BCUT2D eigenvalue weighted by atomic mass is 10.1. The SMILES string of the molecule is NCC(Sc1cccc(Br)c1)c1ccc(F)cc1. The van der Waals surface area contributed by atoms with E-state index in [2.05, 4.69) is 22.0 Å². The van der Waals surface area contributed by atoms with Crippen LogP contribution in [0, 0.1) is 5.82 Å². The molecule has 0 amide bonds. The third-order valence-electron chi connectivity index (χ3n) is 2.53. The Hall–Kier alpha value is -0.840. The van der Waals surface area contributed by atoms with Gasteiger partial charge in [0.25, 0.3) is 0 Å². The maximum Gasteiger partial charge on any atom is 0.123 e. The summed E-state index contributed by atoms with van der Waals surface area (Å²) in [6, 6.07) is 14.6. The van der Waals surface area contributed by atoms with Gasteiger partial charge < -0.3 is 5.73 Å². The molecule has 2 aromatic rings. The van der Waals surface area contributed by atoms with Gasteiger partial charge >= 0.3 is 0 Å². The van der Waals surface area contributed by atoms with Crippen LogP contribution < -0.4 is 5.73 Å². The topological polar surface area (TPSA) is 26.0 Å². The van der Waals surface area contributed by atoms with E-state index in [0.717, 1.165) is 14.9 Å². The molecule has 4 heteroatoms. The number of rotatable bonds is 4. The largest absolute Gasteiger partial charge is 0.329 e. The van der Waals surface area contributed by atoms with Crippen LogP contribution in [0.4, 0.5) is 4.39 Å². The fourth-order valence-corrected chi connectivity index (χ4v) is 3.26. The van der Waals surface area contributed by atoms with Crippen LogP contribution in [-0.2, 0) is 0 Å². The summed E-state index contributed by atoms with van der Waals surface area (Å²) in [4.78, 5) is 1.14. The highest BCUT2D eigenvalue weighted by atomic mass is 79.9. The van der Waals surface area contributed by atoms with E-state index in [1.807, 2.05) is 18.2 Å². The van der Waals surface area contributed by atoms with E-state index in [1.54, 1.807) is 23.9 Å². The Morgan fingerprint density at radius 1 is 1.17 bits per heavy atom. The Morgan fingerprint density at radius 3 is 2.50 bits per heavy atom. The van der Waals surface area contributed by atoms with E-state index in [9.17, 15) is 4.39 Å². The van der Waals surface area contributed by atoms with Crippen LogP contribution in [0.5, 0.6) is 0 Å². The second-order valence-electron chi connectivity index (χ2n) is 3.85. The van der Waals surface area contributed by atoms with Gasteiger partial charge in [0.05, 0.1) is 0 Å². The van der Waals surface area contributed by atoms with Crippen molar-refractivity contribution >= 4 is 27.7 Å². The molecule has 0 saturated heterocycles. The van der Waals surface area contributed by atoms with E-state index in [-0.39, 0.29) is 11.1 Å². The smallest absolute Gasteiger partial charge is 0.123 e. The maximum atomic E-state index is 12.9. The first kappa shape index (κ1) is 13.6. The van der Waals surface area contributed by atoms with Gasteiger partial charge in [-0.2, -0.15) is 0 Å². The van der Waals surface area contributed by atoms with Crippen LogP contribution in [0.15, 0.2) is 57.9 Å². The van der Waals surface area contributed by atoms with E-state index in [0.29, 0.717) is 6.54 Å². The zero-order valence-corrected chi connectivity index (χ0v) is 12.0. The summed E-state index contributed by atoms with van der Waals surface area (Å²) < 4.78 is 13.9. The summed E-state index contributed by atoms with van der Waals surface area (Å²) in [5.74, 6) is -0.220. The Balaban J connectivity index is 2.17. The quantitative estimate of drug-likeness (QED) is 0.844. The van der Waals surface area contributed by atoms with Crippen molar-refractivity contribution in [2.24, 2.45) is 5.73 Å². The molecule has 0 aliphatic rings. The molecule has 18 heavy (non-hydrogen) atoms. The van der Waals surface area contributed by atoms with Crippen molar-refractivity contribution in [3.63, 3.8) is 0 Å². The molecule has 0 aliphatic heterocycles. The lowest BCUT2D eigenvalue weighted by Crippen LogP contribution is -2.09. The highest BCUT2D eigenvalue weighted by Gasteiger charge is 2.11. The van der Waals surface area contributed by atoms with Gasteiger partial charge in [-0.15, -0.1) is 11.8 Å². The van der Waals surface area contributed by atoms with Crippen LogP contribution >= 0.6 is 27.7 Å². The number of halogens is 2. The number of hydrogen-bond donors (Lipinski definition) is 1. The molecule has 0 aromatic heterocycles. The lowest BCUT2D eigenvalue weighted by molar-refractivity contribution is 0.627. The van der Waals surface area contributed by atoms with Crippen molar-refractivity contribution in [2.75, 3.05) is 6.54 Å². The predicted octanol–water partition coefficient (Wildman–Crippen LogP) is 4.38. The van der Waals surface area contributed by atoms with E-state index >= 15 is 0 Å². The maximum absolute atomic E-state index is 12.9. The summed E-state index contributed by atoms with van der Waals surface area (Å²) in [7, 11) is 0. The average Bonchev–Trinajstić information content (AvgIpc) is 2.37. The van der Waals surface area contributed by atoms with Crippen LogP contribution in [0.1, 0.15) is 10.8 Å². The molecular weight excluding hydrogens is 313 g/mol. The third kappa shape index (κ3) is 3.57. The third-order valence-corrected chi connectivity index (χ3v) is 4.30. The molecule has 0 heterocycles. The molecule has 1 unspecified atom stereocenters. The van der Waals surface area contributed by atoms with Gasteiger partial charge in [0.15, 0.2) is 0 Å². The number of benzene rings is 2. The lowest BCUT2D eigenvalue weighted by Gasteiger charge is -2.15. The molecule has 0 aliphatic carbocycles. The van der Waals surface area contributed by atoms with E-state index < -0.39 is 0 Å². The number of hydrogen-bond acceptors (Lipinski definition) is 2. The molecule has 0 fully saturated rings. The van der Waals surface area contributed by atoms with Crippen molar-refractivity contribution in [3.05, 3.63) is 64.4 Å². The Kier molecular flexibility index (Phi) is 4.80. The molecule has 0 spiro atoms. The zero-order valence-electron chi connectivity index (χ0n) is 9.64. The van der Waals surface area contributed by atoms with Gasteiger partial charge in [-0.05, 0) is 35.9 Å². The van der Waals surface area contributed by atoms with Gasteiger partial charge in [0.1, 0.15) is 5.82 Å². The molecule has 94 valence electrons. The second-order valence-corrected chi connectivity index (χ2v) is 6.04. The first-order chi connectivity index (χ1) is 8.69. The van der Waals surface area contributed by atoms with E-state index in [4.69, 9.17) is 5.73 Å². The minimum absolute atomic E-state index is 0.139. The molecule has 2 aromatic carbocycles. The van der Waals surface area contributed by atoms with Crippen molar-refractivity contribution < 1.29 is 4.39 Å². The van der Waals surface area contributed by atoms with Gasteiger partial charge in [0, 0.05) is 21.2 Å². The van der Waals surface area contributed by atoms with Gasteiger partial charge in [-0.3, -0.25) is 0 Å². The summed E-state index contributed by atoms with van der Waals surface area (Å²) >= 11 is 5.13. The minimum atomic E-state index is -0.220. The highest BCUT2D eigenvalue weighted by molar-refractivity contribution is 9.10. The summed E-state index contributed by atoms with van der Waals surface area (Å²) in [5, 5.41) is 0.139. The highest BCUT2D eigenvalue weighted by Crippen LogP contribution is 2.35. The molecule has 0 radical (unpaired) electrons. The van der Waals surface area contributed by atoms with Crippen LogP contribution in [0.25, 0.3) is 0 Å². The van der Waals surface area contributed by atoms with Crippen molar-refractivity contribution in [1.82, 2.24) is 0 Å². The van der Waals surface area contributed by atoms with Crippen molar-refractivity contribution in [2.45, 2.75) is 10.1 Å². The monoisotopic (exact) mass is 325 g/mol. The zero-order chi connectivity index (χ0) is 13.0. The van der Waals surface area contributed by atoms with Gasteiger partial charge in [0.2, 0.25) is 0 Å². The van der Waals surface area contributed by atoms with Crippen LogP contribution in [0.3, 0.4) is 0 Å². The number of thioether (sulfide) groups is 1. The van der Waals surface area contributed by atoms with Gasteiger partial charge in [-0.25, -0.2) is 4.39 Å². The fraction of sp³-hybridized carbons (Fsp3) is 0.143. The Labute approximate surface area is 119 Å². The van der Waals surface area contributed by atoms with Crippen LogP contribution in [-0.4, -0.2) is 6.54 Å². The molecule has 0 saturated carbocycles. The average molecular weight is 326 g/mol. The molecule has 2 rings (SSSR count). The molecule has 1 atom stereocenters. The number of nitrogens with two attached hydrogens (primary N) is 1. The normalized spacial score (nSPS) is 12.4. The van der Waals surface area contributed by atoms with E-state index in [1.165, 1.54) is 12.1 Å². The molecule has 2 N–H and O–H groups in total. The molecule has 0 bridgehead atoms. The minimum Gasteiger partial charge on any atom is -0.329 e.